The maximum atomic E-state index is 12.3. The summed E-state index contributed by atoms with van der Waals surface area (Å²) in [5.41, 5.74) is -0.401. The molecule has 1 unspecified atom stereocenters. The van der Waals surface area contributed by atoms with Gasteiger partial charge in [0, 0.05) is 18.7 Å². The molecule has 1 aromatic rings. The fourth-order valence-electron chi connectivity index (χ4n) is 2.24. The van der Waals surface area contributed by atoms with Crippen molar-refractivity contribution in [1.29, 1.82) is 0 Å². The lowest BCUT2D eigenvalue weighted by atomic mass is 10.2. The second-order valence-corrected chi connectivity index (χ2v) is 6.43. The summed E-state index contributed by atoms with van der Waals surface area (Å²) < 4.78 is 27.1. The lowest BCUT2D eigenvalue weighted by Gasteiger charge is -2.16. The van der Waals surface area contributed by atoms with Gasteiger partial charge in [0.1, 0.15) is 0 Å². The number of para-hydroxylation sites is 1. The third-order valence-corrected chi connectivity index (χ3v) is 4.79. The van der Waals surface area contributed by atoms with Crippen LogP contribution in [0.5, 0.6) is 0 Å². The van der Waals surface area contributed by atoms with Crippen LogP contribution < -0.4 is 10.0 Å². The standard InChI is InChI=1S/C12H17N3O4S/c16-15(17)11-6-1-2-7-12(11)20(18,19)14-10-5-3-4-8-13-9-10/h1-2,6-7,10,13-14H,3-5,8-9H2. The lowest BCUT2D eigenvalue weighted by molar-refractivity contribution is -0.387. The normalized spacial score (nSPS) is 20.3. The molecule has 1 atom stereocenters. The average Bonchev–Trinajstić information content (AvgIpc) is 2.67. The van der Waals surface area contributed by atoms with Crippen molar-refractivity contribution in [3.63, 3.8) is 0 Å². The zero-order valence-corrected chi connectivity index (χ0v) is 11.7. The van der Waals surface area contributed by atoms with Gasteiger partial charge < -0.3 is 5.32 Å². The van der Waals surface area contributed by atoms with Crippen LogP contribution in [0.3, 0.4) is 0 Å². The first-order valence-corrected chi connectivity index (χ1v) is 7.95. The van der Waals surface area contributed by atoms with E-state index >= 15 is 0 Å². The van der Waals surface area contributed by atoms with Crippen LogP contribution in [-0.4, -0.2) is 32.5 Å². The molecule has 0 amide bonds. The fraction of sp³-hybridized carbons (Fsp3) is 0.500. The molecule has 2 N–H and O–H groups in total. The molecular weight excluding hydrogens is 282 g/mol. The minimum atomic E-state index is -3.88. The Morgan fingerprint density at radius 3 is 2.80 bits per heavy atom. The molecule has 1 aromatic carbocycles. The van der Waals surface area contributed by atoms with Gasteiger partial charge in [-0.15, -0.1) is 0 Å². The summed E-state index contributed by atoms with van der Waals surface area (Å²) in [7, 11) is -3.88. The summed E-state index contributed by atoms with van der Waals surface area (Å²) >= 11 is 0. The third kappa shape index (κ3) is 3.53. The van der Waals surface area contributed by atoms with Crippen molar-refractivity contribution in [2.45, 2.75) is 30.2 Å². The van der Waals surface area contributed by atoms with Gasteiger partial charge in [-0.1, -0.05) is 18.6 Å². The van der Waals surface area contributed by atoms with Crippen LogP contribution in [-0.2, 0) is 10.0 Å². The van der Waals surface area contributed by atoms with E-state index < -0.39 is 20.6 Å². The first kappa shape index (κ1) is 14.9. The van der Waals surface area contributed by atoms with Crippen molar-refractivity contribution in [2.75, 3.05) is 13.1 Å². The molecule has 7 nitrogen and oxygen atoms in total. The monoisotopic (exact) mass is 299 g/mol. The zero-order chi connectivity index (χ0) is 14.6. The molecular formula is C12H17N3O4S. The molecule has 20 heavy (non-hydrogen) atoms. The quantitative estimate of drug-likeness (QED) is 0.638. The van der Waals surface area contributed by atoms with E-state index in [1.54, 1.807) is 0 Å². The number of hydrogen-bond acceptors (Lipinski definition) is 5. The van der Waals surface area contributed by atoms with Crippen LogP contribution in [0.4, 0.5) is 5.69 Å². The number of nitro groups is 1. The molecule has 1 aliphatic heterocycles. The molecule has 8 heteroatoms. The summed E-state index contributed by atoms with van der Waals surface area (Å²) in [4.78, 5) is 9.95. The van der Waals surface area contributed by atoms with Gasteiger partial charge in [0.15, 0.2) is 4.90 Å². The molecule has 1 fully saturated rings. The predicted molar refractivity (Wildman–Crippen MR) is 73.9 cm³/mol. The van der Waals surface area contributed by atoms with E-state index in [0.29, 0.717) is 6.54 Å². The third-order valence-electron chi connectivity index (χ3n) is 3.22. The first-order chi connectivity index (χ1) is 9.50. The Morgan fingerprint density at radius 2 is 2.05 bits per heavy atom. The van der Waals surface area contributed by atoms with E-state index in [0.717, 1.165) is 25.8 Å². The van der Waals surface area contributed by atoms with E-state index in [1.165, 1.54) is 24.3 Å². The Morgan fingerprint density at radius 1 is 1.30 bits per heavy atom. The Balaban J connectivity index is 2.24. The smallest absolute Gasteiger partial charge is 0.289 e. The van der Waals surface area contributed by atoms with Crippen LogP contribution in [0.15, 0.2) is 29.2 Å². The van der Waals surface area contributed by atoms with E-state index in [2.05, 4.69) is 10.0 Å². The summed E-state index contributed by atoms with van der Waals surface area (Å²) in [6, 6.07) is 5.14. The summed E-state index contributed by atoms with van der Waals surface area (Å²) in [6.07, 6.45) is 2.66. The second-order valence-electron chi connectivity index (χ2n) is 4.74. The van der Waals surface area contributed by atoms with Crippen molar-refractivity contribution >= 4 is 15.7 Å². The van der Waals surface area contributed by atoms with Gasteiger partial charge in [-0.2, -0.15) is 0 Å². The summed E-state index contributed by atoms with van der Waals surface area (Å²) in [6.45, 7) is 1.41. The predicted octanol–water partition coefficient (Wildman–Crippen LogP) is 1.02. The summed E-state index contributed by atoms with van der Waals surface area (Å²) in [5.74, 6) is 0. The minimum Gasteiger partial charge on any atom is -0.315 e. The number of nitrogens with zero attached hydrogens (tertiary/aromatic N) is 1. The molecule has 0 radical (unpaired) electrons. The first-order valence-electron chi connectivity index (χ1n) is 6.47. The molecule has 1 heterocycles. The number of hydrogen-bond donors (Lipinski definition) is 2. The average molecular weight is 299 g/mol. The van der Waals surface area contributed by atoms with Gasteiger partial charge >= 0.3 is 0 Å². The van der Waals surface area contributed by atoms with Gasteiger partial charge in [0.25, 0.3) is 5.69 Å². The van der Waals surface area contributed by atoms with Crippen molar-refractivity contribution in [3.05, 3.63) is 34.4 Å². The largest absolute Gasteiger partial charge is 0.315 e. The second kappa shape index (κ2) is 6.29. The summed E-state index contributed by atoms with van der Waals surface area (Å²) in [5, 5.41) is 14.1. The molecule has 1 saturated heterocycles. The van der Waals surface area contributed by atoms with E-state index in [9.17, 15) is 18.5 Å². The molecule has 0 aromatic heterocycles. The number of nitrogens with one attached hydrogen (secondary N) is 2. The number of sulfonamides is 1. The highest BCUT2D eigenvalue weighted by molar-refractivity contribution is 7.89. The van der Waals surface area contributed by atoms with E-state index in [4.69, 9.17) is 0 Å². The van der Waals surface area contributed by atoms with Crippen molar-refractivity contribution in [1.82, 2.24) is 10.0 Å². The van der Waals surface area contributed by atoms with Crippen molar-refractivity contribution in [3.8, 4) is 0 Å². The maximum Gasteiger partial charge on any atom is 0.289 e. The molecule has 110 valence electrons. The Hall–Kier alpha value is -1.51. The SMILES string of the molecule is O=[N+]([O-])c1ccccc1S(=O)(=O)NC1CCCCNC1. The lowest BCUT2D eigenvalue weighted by Crippen LogP contribution is -2.40. The van der Waals surface area contributed by atoms with Crippen molar-refractivity contribution < 1.29 is 13.3 Å². The number of rotatable bonds is 4. The molecule has 2 rings (SSSR count). The molecule has 0 saturated carbocycles. The molecule has 0 spiro atoms. The molecule has 0 aliphatic carbocycles. The van der Waals surface area contributed by atoms with Gasteiger partial charge in [0.2, 0.25) is 10.0 Å². The Bertz CT molecular complexity index is 580. The number of nitro benzene ring substituents is 1. The topological polar surface area (TPSA) is 101 Å². The van der Waals surface area contributed by atoms with Gasteiger partial charge in [0.05, 0.1) is 4.92 Å². The highest BCUT2D eigenvalue weighted by Crippen LogP contribution is 2.23. The van der Waals surface area contributed by atoms with Crippen LogP contribution in [0.1, 0.15) is 19.3 Å². The highest BCUT2D eigenvalue weighted by Gasteiger charge is 2.27. The highest BCUT2D eigenvalue weighted by atomic mass is 32.2. The Labute approximate surface area is 117 Å². The zero-order valence-electron chi connectivity index (χ0n) is 10.9. The van der Waals surface area contributed by atoms with E-state index in [-0.39, 0.29) is 10.9 Å². The van der Waals surface area contributed by atoms with Gasteiger partial charge in [-0.25, -0.2) is 13.1 Å². The van der Waals surface area contributed by atoms with Gasteiger partial charge in [-0.05, 0) is 25.5 Å². The van der Waals surface area contributed by atoms with Crippen molar-refractivity contribution in [2.24, 2.45) is 0 Å². The maximum absolute atomic E-state index is 12.3. The molecule has 0 bridgehead atoms. The fourth-order valence-corrected chi connectivity index (χ4v) is 3.68. The van der Waals surface area contributed by atoms with E-state index in [1.807, 2.05) is 0 Å². The van der Waals surface area contributed by atoms with Crippen LogP contribution in [0.25, 0.3) is 0 Å². The van der Waals surface area contributed by atoms with Crippen LogP contribution >= 0.6 is 0 Å². The van der Waals surface area contributed by atoms with Gasteiger partial charge in [-0.3, -0.25) is 10.1 Å². The van der Waals surface area contributed by atoms with Crippen LogP contribution in [0.2, 0.25) is 0 Å². The van der Waals surface area contributed by atoms with Crippen LogP contribution in [0, 0.1) is 10.1 Å². The molecule has 1 aliphatic rings. The minimum absolute atomic E-state index is 0.234. The number of benzene rings is 1. The Kier molecular flexibility index (Phi) is 4.69.